The lowest BCUT2D eigenvalue weighted by molar-refractivity contribution is -0.123. The summed E-state index contributed by atoms with van der Waals surface area (Å²) in [6, 6.07) is 0.989. The zero-order chi connectivity index (χ0) is 19.2. The van der Waals surface area contributed by atoms with Crippen LogP contribution in [-0.4, -0.2) is 47.8 Å². The topological polar surface area (TPSA) is 36.9 Å². The normalized spacial score (nSPS) is 25.1. The molecule has 2 unspecified atom stereocenters. The maximum Gasteiger partial charge on any atom is 0.373 e. The van der Waals surface area contributed by atoms with Crippen molar-refractivity contribution >= 4 is 8.56 Å². The largest absolute Gasteiger partial charge is 0.396 e. The maximum absolute atomic E-state index is 6.25. The molecule has 0 bridgehead atoms. The summed E-state index contributed by atoms with van der Waals surface area (Å²) in [6.07, 6.45) is 10.7. The average Bonchev–Trinajstić information content (AvgIpc) is 2.66. The fourth-order valence-corrected chi connectivity index (χ4v) is 7.77. The van der Waals surface area contributed by atoms with Crippen LogP contribution in [0.15, 0.2) is 12.7 Å². The van der Waals surface area contributed by atoms with Gasteiger partial charge in [-0.3, -0.25) is 0 Å². The van der Waals surface area contributed by atoms with Gasteiger partial charge in [-0.2, -0.15) is 0 Å². The predicted molar refractivity (Wildman–Crippen MR) is 108 cm³/mol. The zero-order valence-corrected chi connectivity index (χ0v) is 18.6. The van der Waals surface area contributed by atoms with E-state index in [0.29, 0.717) is 0 Å². The maximum atomic E-state index is 6.25. The first-order valence-electron chi connectivity index (χ1n) is 9.95. The van der Waals surface area contributed by atoms with Crippen molar-refractivity contribution in [1.29, 1.82) is 0 Å². The van der Waals surface area contributed by atoms with Crippen LogP contribution in [0.25, 0.3) is 0 Å². The van der Waals surface area contributed by atoms with E-state index in [1.165, 1.54) is 12.8 Å². The van der Waals surface area contributed by atoms with Crippen LogP contribution in [0.1, 0.15) is 72.1 Å². The van der Waals surface area contributed by atoms with E-state index >= 15 is 0 Å². The molecule has 150 valence electrons. The van der Waals surface area contributed by atoms with Crippen LogP contribution in [0.2, 0.25) is 6.04 Å². The summed E-state index contributed by atoms with van der Waals surface area (Å²) in [4.78, 5) is 0. The van der Waals surface area contributed by atoms with Gasteiger partial charge < -0.3 is 18.3 Å². The first kappa shape index (κ1) is 24.8. The number of unbranched alkanes of at least 4 members (excludes halogenated alkanes) is 2. The highest BCUT2D eigenvalue weighted by atomic mass is 28.4. The van der Waals surface area contributed by atoms with E-state index in [1.807, 2.05) is 6.08 Å². The molecule has 0 saturated carbocycles. The fourth-order valence-electron chi connectivity index (χ4n) is 3.75. The minimum absolute atomic E-state index is 0.0969. The molecule has 2 atom stereocenters. The molecule has 4 nitrogen and oxygen atoms in total. The molecule has 0 spiro atoms. The Bertz CT molecular complexity index is 334. The summed E-state index contributed by atoms with van der Waals surface area (Å²) in [5, 5.41) is -0.379. The van der Waals surface area contributed by atoms with Crippen molar-refractivity contribution in [3.63, 3.8) is 0 Å². The van der Waals surface area contributed by atoms with Gasteiger partial charge in [0.05, 0.1) is 6.10 Å². The van der Waals surface area contributed by atoms with Crippen LogP contribution >= 0.6 is 0 Å². The molecule has 1 aliphatic heterocycles. The second-order valence-electron chi connectivity index (χ2n) is 6.66. The molecule has 1 fully saturated rings. The molecule has 1 saturated heterocycles. The smallest absolute Gasteiger partial charge is 0.373 e. The fraction of sp³-hybridized carbons (Fsp3) is 0.900. The summed E-state index contributed by atoms with van der Waals surface area (Å²) in [5.74, 6) is 0. The third kappa shape index (κ3) is 6.47. The number of ether oxygens (including phenoxy) is 2. The minimum atomic E-state index is -2.41. The molecular weight excluding hydrogens is 332 g/mol. The third-order valence-corrected chi connectivity index (χ3v) is 9.53. The number of hydrogen-bond donors (Lipinski definition) is 0. The van der Waals surface area contributed by atoms with Gasteiger partial charge in [0.15, 0.2) is 0 Å². The highest BCUT2D eigenvalue weighted by molar-refractivity contribution is 6.71. The number of allylic oxidation sites excluding steroid dienone is 1. The van der Waals surface area contributed by atoms with Crippen molar-refractivity contribution in [2.75, 3.05) is 27.9 Å². The molecule has 0 aromatic rings. The zero-order valence-electron chi connectivity index (χ0n) is 17.6. The molecule has 1 heterocycles. The number of rotatable bonds is 11. The van der Waals surface area contributed by atoms with Crippen LogP contribution < -0.4 is 0 Å². The highest BCUT2D eigenvalue weighted by Gasteiger charge is 2.63. The van der Waals surface area contributed by atoms with Gasteiger partial charge in [0, 0.05) is 27.9 Å². The summed E-state index contributed by atoms with van der Waals surface area (Å²) < 4.78 is 24.2. The molecular formula is C20H42O4Si. The van der Waals surface area contributed by atoms with Gasteiger partial charge in [-0.05, 0) is 38.1 Å². The predicted octanol–water partition coefficient (Wildman–Crippen LogP) is 5.40. The third-order valence-electron chi connectivity index (χ3n) is 5.14. The lowest BCUT2D eigenvalue weighted by Gasteiger charge is -2.51. The molecule has 1 rings (SSSR count). The van der Waals surface area contributed by atoms with E-state index < -0.39 is 8.56 Å². The first-order valence-corrected chi connectivity index (χ1v) is 12.0. The van der Waals surface area contributed by atoms with Crippen LogP contribution in [-0.2, 0) is 18.3 Å². The Balaban J connectivity index is 0.00000129. The van der Waals surface area contributed by atoms with Crippen LogP contribution in [0, 0.1) is 0 Å². The monoisotopic (exact) mass is 374 g/mol. The van der Waals surface area contributed by atoms with E-state index in [0.717, 1.165) is 51.2 Å². The summed E-state index contributed by atoms with van der Waals surface area (Å²) in [5.41, 5.74) is 0. The Kier molecular flexibility index (Phi) is 13.8. The lowest BCUT2D eigenvalue weighted by Crippen LogP contribution is -2.71. The SMILES string of the molecule is C=CCC.CCCCCOC1CCC[Si](OC)(OC)C1(CCC)OC. The number of methoxy groups -OCH3 is 1. The molecule has 0 aliphatic carbocycles. The Morgan fingerprint density at radius 3 is 2.16 bits per heavy atom. The summed E-state index contributed by atoms with van der Waals surface area (Å²) in [6.45, 7) is 10.8. The molecule has 0 aromatic heterocycles. The standard InChI is InChI=1S/C16H34O4Si.C4H8/c1-6-8-9-13-20-15-11-10-14-21(18-4,19-5)16(15,17-3)12-7-2;1-3-4-2/h15H,6-14H2,1-5H3;3H,1,4H2,2H3. The second kappa shape index (κ2) is 13.9. The Morgan fingerprint density at radius 2 is 1.72 bits per heavy atom. The van der Waals surface area contributed by atoms with E-state index in [-0.39, 0.29) is 11.3 Å². The van der Waals surface area contributed by atoms with Crippen LogP contribution in [0.4, 0.5) is 0 Å². The highest BCUT2D eigenvalue weighted by Crippen LogP contribution is 2.44. The van der Waals surface area contributed by atoms with Gasteiger partial charge in [0.25, 0.3) is 0 Å². The molecule has 0 N–H and O–H groups in total. The second-order valence-corrected chi connectivity index (χ2v) is 10.3. The lowest BCUT2D eigenvalue weighted by atomic mass is 10.0. The van der Waals surface area contributed by atoms with Gasteiger partial charge in [-0.25, -0.2) is 0 Å². The Morgan fingerprint density at radius 1 is 1.08 bits per heavy atom. The van der Waals surface area contributed by atoms with E-state index in [9.17, 15) is 0 Å². The molecule has 0 amide bonds. The quantitative estimate of drug-likeness (QED) is 0.276. The van der Waals surface area contributed by atoms with Crippen LogP contribution in [0.3, 0.4) is 0 Å². The minimum Gasteiger partial charge on any atom is -0.396 e. The van der Waals surface area contributed by atoms with Crippen molar-refractivity contribution in [3.8, 4) is 0 Å². The Hall–Kier alpha value is -0.203. The first-order chi connectivity index (χ1) is 12.1. The van der Waals surface area contributed by atoms with Crippen molar-refractivity contribution in [2.45, 2.75) is 89.5 Å². The molecule has 0 aromatic carbocycles. The van der Waals surface area contributed by atoms with Crippen molar-refractivity contribution in [2.24, 2.45) is 0 Å². The van der Waals surface area contributed by atoms with Gasteiger partial charge in [-0.1, -0.05) is 46.1 Å². The van der Waals surface area contributed by atoms with Gasteiger partial charge in [0.1, 0.15) is 5.22 Å². The number of hydrogen-bond acceptors (Lipinski definition) is 4. The van der Waals surface area contributed by atoms with Gasteiger partial charge >= 0.3 is 8.56 Å². The van der Waals surface area contributed by atoms with E-state index in [2.05, 4.69) is 27.4 Å². The summed E-state index contributed by atoms with van der Waals surface area (Å²) in [7, 11) is 2.94. The molecule has 0 radical (unpaired) electrons. The van der Waals surface area contributed by atoms with Crippen LogP contribution in [0.5, 0.6) is 0 Å². The van der Waals surface area contributed by atoms with Crippen molar-refractivity contribution in [3.05, 3.63) is 12.7 Å². The Labute approximate surface area is 157 Å². The van der Waals surface area contributed by atoms with Crippen molar-refractivity contribution in [1.82, 2.24) is 0 Å². The van der Waals surface area contributed by atoms with Gasteiger partial charge in [-0.15, -0.1) is 6.58 Å². The van der Waals surface area contributed by atoms with Gasteiger partial charge in [0.2, 0.25) is 0 Å². The molecule has 5 heteroatoms. The van der Waals surface area contributed by atoms with Crippen molar-refractivity contribution < 1.29 is 18.3 Å². The molecule has 25 heavy (non-hydrogen) atoms. The molecule has 1 aliphatic rings. The van der Waals surface area contributed by atoms with E-state index in [4.69, 9.17) is 18.3 Å². The average molecular weight is 375 g/mol. The van der Waals surface area contributed by atoms with E-state index in [1.54, 1.807) is 21.3 Å². The summed E-state index contributed by atoms with van der Waals surface area (Å²) >= 11 is 0.